The largest absolute Gasteiger partial charge is 0.214 e. The normalized spacial score (nSPS) is 11.4. The molecular formula is C15H22ClN3S. The molecule has 0 spiro atoms. The molecule has 2 aromatic heterocycles. The van der Waals surface area contributed by atoms with Crippen LogP contribution in [0.2, 0.25) is 5.15 Å². The highest BCUT2D eigenvalue weighted by molar-refractivity contribution is 7.80. The van der Waals surface area contributed by atoms with Crippen LogP contribution in [-0.4, -0.2) is 14.6 Å². The third-order valence-electron chi connectivity index (χ3n) is 3.48. The van der Waals surface area contributed by atoms with Gasteiger partial charge in [-0.25, -0.2) is 9.50 Å². The fourth-order valence-corrected chi connectivity index (χ4v) is 3.00. The van der Waals surface area contributed by atoms with Crippen LogP contribution in [0.4, 0.5) is 0 Å². The number of aryl methyl sites for hydroxylation is 2. The summed E-state index contributed by atoms with van der Waals surface area (Å²) < 4.78 is 1.81. The summed E-state index contributed by atoms with van der Waals surface area (Å²) in [4.78, 5) is 4.46. The monoisotopic (exact) mass is 311 g/mol. The van der Waals surface area contributed by atoms with Crippen molar-refractivity contribution < 1.29 is 0 Å². The summed E-state index contributed by atoms with van der Waals surface area (Å²) in [7, 11) is 0. The SMILES string of the molecule is CCCc1nn2c(S)c(Cl)nc2c(CCC)c1CCC. The first-order valence-corrected chi connectivity index (χ1v) is 8.24. The lowest BCUT2D eigenvalue weighted by molar-refractivity contribution is 0.729. The Morgan fingerprint density at radius 3 is 2.20 bits per heavy atom. The Morgan fingerprint density at radius 1 is 1.00 bits per heavy atom. The maximum absolute atomic E-state index is 6.13. The van der Waals surface area contributed by atoms with Crippen molar-refractivity contribution in [1.29, 1.82) is 0 Å². The molecule has 0 saturated heterocycles. The lowest BCUT2D eigenvalue weighted by Crippen LogP contribution is -2.09. The Hall–Kier alpha value is -0.740. The van der Waals surface area contributed by atoms with E-state index in [0.29, 0.717) is 10.2 Å². The van der Waals surface area contributed by atoms with E-state index < -0.39 is 0 Å². The number of fused-ring (bicyclic) bond motifs is 1. The molecule has 0 N–H and O–H groups in total. The minimum atomic E-state index is 0.439. The molecule has 110 valence electrons. The predicted octanol–water partition coefficient (Wildman–Crippen LogP) is 4.53. The molecule has 0 bridgehead atoms. The van der Waals surface area contributed by atoms with E-state index in [-0.39, 0.29) is 0 Å². The molecule has 3 nitrogen and oxygen atoms in total. The maximum atomic E-state index is 6.13. The Bertz CT molecular complexity index is 607. The molecule has 0 atom stereocenters. The van der Waals surface area contributed by atoms with Gasteiger partial charge in [0.15, 0.2) is 10.8 Å². The molecule has 0 radical (unpaired) electrons. The average molecular weight is 312 g/mol. The minimum absolute atomic E-state index is 0.439. The minimum Gasteiger partial charge on any atom is -0.214 e. The second-order valence-corrected chi connectivity index (χ2v) is 5.90. The molecular weight excluding hydrogens is 290 g/mol. The van der Waals surface area contributed by atoms with Crippen LogP contribution in [0.15, 0.2) is 5.03 Å². The Balaban J connectivity index is 2.74. The highest BCUT2D eigenvalue weighted by Gasteiger charge is 2.18. The van der Waals surface area contributed by atoms with Gasteiger partial charge in [0, 0.05) is 5.56 Å². The molecule has 0 aliphatic heterocycles. The van der Waals surface area contributed by atoms with Crippen molar-refractivity contribution in [3.63, 3.8) is 0 Å². The topological polar surface area (TPSA) is 30.2 Å². The highest BCUT2D eigenvalue weighted by atomic mass is 35.5. The number of imidazole rings is 1. The standard InChI is InChI=1S/C15H22ClN3S/c1-4-7-10-11(8-5-2)14-17-13(16)15(20)19(14)18-12(10)9-6-3/h20H,4-9H2,1-3H3. The van der Waals surface area contributed by atoms with Gasteiger partial charge in [-0.1, -0.05) is 51.6 Å². The number of hydrogen-bond donors (Lipinski definition) is 1. The van der Waals surface area contributed by atoms with E-state index in [1.807, 2.05) is 0 Å². The van der Waals surface area contributed by atoms with E-state index in [9.17, 15) is 0 Å². The van der Waals surface area contributed by atoms with Gasteiger partial charge in [-0.15, -0.1) is 12.6 Å². The van der Waals surface area contributed by atoms with Crippen molar-refractivity contribution >= 4 is 29.9 Å². The van der Waals surface area contributed by atoms with Gasteiger partial charge < -0.3 is 0 Å². The molecule has 0 aliphatic rings. The third kappa shape index (κ3) is 2.82. The van der Waals surface area contributed by atoms with Crippen LogP contribution < -0.4 is 0 Å². The number of aromatic nitrogens is 3. The third-order valence-corrected chi connectivity index (χ3v) is 4.28. The summed E-state index contributed by atoms with van der Waals surface area (Å²) >= 11 is 10.6. The first-order chi connectivity index (χ1) is 9.63. The molecule has 0 aromatic carbocycles. The molecule has 0 fully saturated rings. The smallest absolute Gasteiger partial charge is 0.163 e. The van der Waals surface area contributed by atoms with Crippen LogP contribution in [-0.2, 0) is 19.3 Å². The van der Waals surface area contributed by atoms with Crippen LogP contribution in [0, 0.1) is 0 Å². The zero-order valence-corrected chi connectivity index (χ0v) is 14.1. The summed E-state index contributed by atoms with van der Waals surface area (Å²) in [5.41, 5.74) is 4.73. The molecule has 0 aliphatic carbocycles. The second kappa shape index (κ2) is 6.81. The van der Waals surface area contributed by atoms with Crippen molar-refractivity contribution in [2.24, 2.45) is 0 Å². The lowest BCUT2D eigenvalue weighted by Gasteiger charge is -2.14. The summed E-state index contributed by atoms with van der Waals surface area (Å²) in [6.07, 6.45) is 6.36. The van der Waals surface area contributed by atoms with Crippen molar-refractivity contribution in [2.75, 3.05) is 0 Å². The van der Waals surface area contributed by atoms with E-state index in [2.05, 4.69) is 38.4 Å². The summed E-state index contributed by atoms with van der Waals surface area (Å²) in [5, 5.41) is 5.82. The molecule has 2 heterocycles. The van der Waals surface area contributed by atoms with E-state index in [4.69, 9.17) is 16.7 Å². The van der Waals surface area contributed by atoms with Gasteiger partial charge in [0.2, 0.25) is 0 Å². The first kappa shape index (κ1) is 15.6. The molecule has 0 unspecified atom stereocenters. The molecule has 0 amide bonds. The van der Waals surface area contributed by atoms with Crippen LogP contribution in [0.1, 0.15) is 56.9 Å². The van der Waals surface area contributed by atoms with E-state index >= 15 is 0 Å². The number of rotatable bonds is 6. The van der Waals surface area contributed by atoms with Crippen molar-refractivity contribution in [3.8, 4) is 0 Å². The van der Waals surface area contributed by atoms with Crippen LogP contribution in [0.3, 0.4) is 0 Å². The van der Waals surface area contributed by atoms with Crippen LogP contribution in [0.25, 0.3) is 5.65 Å². The Kier molecular flexibility index (Phi) is 5.33. The zero-order valence-electron chi connectivity index (χ0n) is 12.4. The molecule has 2 rings (SSSR count). The number of thiol groups is 1. The van der Waals surface area contributed by atoms with Gasteiger partial charge >= 0.3 is 0 Å². The summed E-state index contributed by atoms with van der Waals surface area (Å²) in [6, 6.07) is 0. The van der Waals surface area contributed by atoms with Gasteiger partial charge in [0.25, 0.3) is 0 Å². The molecule has 2 aromatic rings. The predicted molar refractivity (Wildman–Crippen MR) is 87.2 cm³/mol. The van der Waals surface area contributed by atoms with Gasteiger partial charge in [-0.3, -0.25) is 0 Å². The van der Waals surface area contributed by atoms with Gasteiger partial charge in [-0.2, -0.15) is 5.10 Å². The summed E-state index contributed by atoms with van der Waals surface area (Å²) in [5.74, 6) is 0. The van der Waals surface area contributed by atoms with Crippen molar-refractivity contribution in [1.82, 2.24) is 14.6 Å². The Morgan fingerprint density at radius 2 is 1.60 bits per heavy atom. The van der Waals surface area contributed by atoms with Gasteiger partial charge in [0.1, 0.15) is 5.03 Å². The fraction of sp³-hybridized carbons (Fsp3) is 0.600. The van der Waals surface area contributed by atoms with Crippen LogP contribution in [0.5, 0.6) is 0 Å². The number of nitrogens with zero attached hydrogens (tertiary/aromatic N) is 3. The van der Waals surface area contributed by atoms with Crippen molar-refractivity contribution in [3.05, 3.63) is 22.0 Å². The maximum Gasteiger partial charge on any atom is 0.163 e. The van der Waals surface area contributed by atoms with Gasteiger partial charge in [-0.05, 0) is 24.8 Å². The molecule has 5 heteroatoms. The van der Waals surface area contributed by atoms with E-state index in [0.717, 1.165) is 44.2 Å². The molecule has 0 saturated carbocycles. The first-order valence-electron chi connectivity index (χ1n) is 7.41. The van der Waals surface area contributed by atoms with E-state index in [1.54, 1.807) is 4.52 Å². The Labute approximate surface area is 131 Å². The van der Waals surface area contributed by atoms with E-state index in [1.165, 1.54) is 16.8 Å². The number of hydrogen-bond acceptors (Lipinski definition) is 3. The van der Waals surface area contributed by atoms with Crippen LogP contribution >= 0.6 is 24.2 Å². The zero-order chi connectivity index (χ0) is 14.7. The second-order valence-electron chi connectivity index (χ2n) is 5.12. The quantitative estimate of drug-likeness (QED) is 0.794. The summed E-state index contributed by atoms with van der Waals surface area (Å²) in [6.45, 7) is 6.58. The molecule has 20 heavy (non-hydrogen) atoms. The fourth-order valence-electron chi connectivity index (χ4n) is 2.65. The van der Waals surface area contributed by atoms with Gasteiger partial charge in [0.05, 0.1) is 5.69 Å². The van der Waals surface area contributed by atoms with Crippen molar-refractivity contribution in [2.45, 2.75) is 64.3 Å². The lowest BCUT2D eigenvalue weighted by atomic mass is 9.97. The average Bonchev–Trinajstić information content (AvgIpc) is 2.70. The number of halogens is 1. The highest BCUT2D eigenvalue weighted by Crippen LogP contribution is 2.27.